The van der Waals surface area contributed by atoms with Crippen LogP contribution in [0.3, 0.4) is 0 Å². The van der Waals surface area contributed by atoms with Crippen LogP contribution in [0.4, 0.5) is 0 Å². The summed E-state index contributed by atoms with van der Waals surface area (Å²) in [6.07, 6.45) is 0.270. The Labute approximate surface area is 127 Å². The number of aliphatic hydroxyl groups excluding tert-OH is 1. The third-order valence-electron chi connectivity index (χ3n) is 5.33. The van der Waals surface area contributed by atoms with E-state index in [4.69, 9.17) is 0 Å². The van der Waals surface area contributed by atoms with Gasteiger partial charge in [0, 0.05) is 13.6 Å². The second-order valence-corrected chi connectivity index (χ2v) is 9.12. The first-order chi connectivity index (χ1) is 9.50. The monoisotopic (exact) mass is 311 g/mol. The predicted octanol–water partition coefficient (Wildman–Crippen LogP) is 2.41. The van der Waals surface area contributed by atoms with Crippen molar-refractivity contribution >= 4 is 10.0 Å². The number of benzene rings is 1. The van der Waals surface area contributed by atoms with E-state index in [1.54, 1.807) is 31.3 Å². The molecule has 4 nitrogen and oxygen atoms in total. The molecule has 118 valence electrons. The lowest BCUT2D eigenvalue weighted by molar-refractivity contribution is -0.164. The first-order valence-electron chi connectivity index (χ1n) is 7.22. The third kappa shape index (κ3) is 2.62. The van der Waals surface area contributed by atoms with E-state index < -0.39 is 10.0 Å². The maximum Gasteiger partial charge on any atom is 0.242 e. The Hall–Kier alpha value is -0.910. The van der Waals surface area contributed by atoms with Gasteiger partial charge in [0.25, 0.3) is 0 Å². The zero-order chi connectivity index (χ0) is 16.1. The van der Waals surface area contributed by atoms with Gasteiger partial charge < -0.3 is 5.11 Å². The normalized spacial score (nSPS) is 28.4. The summed E-state index contributed by atoms with van der Waals surface area (Å²) >= 11 is 0. The Morgan fingerprint density at radius 3 is 2.19 bits per heavy atom. The molecular weight excluding hydrogens is 286 g/mol. The lowest BCUT2D eigenvalue weighted by Gasteiger charge is -2.59. The molecule has 1 aliphatic rings. The van der Waals surface area contributed by atoms with Gasteiger partial charge >= 0.3 is 0 Å². The summed E-state index contributed by atoms with van der Waals surface area (Å²) in [5.74, 6) is 0. The summed E-state index contributed by atoms with van der Waals surface area (Å²) in [4.78, 5) is 0.317. The van der Waals surface area contributed by atoms with Gasteiger partial charge in [-0.2, -0.15) is 0 Å². The minimum absolute atomic E-state index is 0.209. The van der Waals surface area contributed by atoms with Crippen molar-refractivity contribution in [3.8, 4) is 0 Å². The number of nitrogens with zero attached hydrogens (tertiary/aromatic N) is 1. The Kier molecular flexibility index (Phi) is 3.98. The van der Waals surface area contributed by atoms with Crippen molar-refractivity contribution in [2.75, 3.05) is 13.6 Å². The van der Waals surface area contributed by atoms with E-state index in [0.717, 1.165) is 5.56 Å². The molecule has 0 heterocycles. The molecule has 0 spiro atoms. The van der Waals surface area contributed by atoms with Crippen LogP contribution in [0.2, 0.25) is 0 Å². The van der Waals surface area contributed by atoms with Crippen molar-refractivity contribution in [3.05, 3.63) is 29.8 Å². The van der Waals surface area contributed by atoms with Gasteiger partial charge in [-0.3, -0.25) is 0 Å². The second kappa shape index (κ2) is 5.07. The number of aryl methyl sites for hydroxylation is 1. The molecule has 21 heavy (non-hydrogen) atoms. The summed E-state index contributed by atoms with van der Waals surface area (Å²) in [7, 11) is -1.87. The molecular formula is C16H25NO3S. The van der Waals surface area contributed by atoms with E-state index in [0.29, 0.717) is 17.9 Å². The van der Waals surface area contributed by atoms with Gasteiger partial charge in [-0.05, 0) is 36.3 Å². The molecule has 1 saturated carbocycles. The van der Waals surface area contributed by atoms with E-state index in [1.165, 1.54) is 4.31 Å². The van der Waals surface area contributed by atoms with Gasteiger partial charge in [-0.15, -0.1) is 0 Å². The molecule has 0 aromatic heterocycles. The van der Waals surface area contributed by atoms with Crippen LogP contribution < -0.4 is 0 Å². The summed E-state index contributed by atoms with van der Waals surface area (Å²) in [6.45, 7) is 8.37. The summed E-state index contributed by atoms with van der Waals surface area (Å²) in [5, 5.41) is 9.91. The number of rotatable bonds is 4. The highest BCUT2D eigenvalue weighted by Crippen LogP contribution is 2.56. The topological polar surface area (TPSA) is 57.6 Å². The largest absolute Gasteiger partial charge is 0.393 e. The standard InChI is InChI=1S/C16H25NO3S/c1-12-6-8-13(9-7-12)21(19,20)17(5)11-16(4)10-14(18)15(16,2)3/h6-9,14,18H,10-11H2,1-5H3/t14-,16+/m0/s1. The summed E-state index contributed by atoms with van der Waals surface area (Å²) in [6, 6.07) is 6.90. The first-order valence-corrected chi connectivity index (χ1v) is 8.66. The molecule has 1 aromatic rings. The molecule has 1 aromatic carbocycles. The lowest BCUT2D eigenvalue weighted by atomic mass is 9.50. The highest BCUT2D eigenvalue weighted by atomic mass is 32.2. The van der Waals surface area contributed by atoms with Gasteiger partial charge in [0.2, 0.25) is 10.0 Å². The predicted molar refractivity (Wildman–Crippen MR) is 83.5 cm³/mol. The molecule has 0 saturated heterocycles. The Balaban J connectivity index is 2.20. The molecule has 1 fully saturated rings. The van der Waals surface area contributed by atoms with Crippen LogP contribution >= 0.6 is 0 Å². The van der Waals surface area contributed by atoms with Crippen LogP contribution in [0.25, 0.3) is 0 Å². The molecule has 0 aliphatic heterocycles. The second-order valence-electron chi connectivity index (χ2n) is 7.08. The van der Waals surface area contributed by atoms with Crippen LogP contribution in [0.5, 0.6) is 0 Å². The number of sulfonamides is 1. The zero-order valence-electron chi connectivity index (χ0n) is 13.4. The molecule has 1 aliphatic carbocycles. The molecule has 0 amide bonds. The van der Waals surface area contributed by atoms with Gasteiger partial charge in [0.1, 0.15) is 0 Å². The molecule has 1 N–H and O–H groups in total. The van der Waals surface area contributed by atoms with E-state index in [1.807, 2.05) is 27.7 Å². The first kappa shape index (κ1) is 16.5. The van der Waals surface area contributed by atoms with Crippen LogP contribution in [0, 0.1) is 17.8 Å². The Bertz CT molecular complexity index is 621. The van der Waals surface area contributed by atoms with Crippen molar-refractivity contribution in [1.29, 1.82) is 0 Å². The number of hydrogen-bond donors (Lipinski definition) is 1. The molecule has 2 atom stereocenters. The fourth-order valence-electron chi connectivity index (χ4n) is 2.95. The maximum absolute atomic E-state index is 12.6. The SMILES string of the molecule is Cc1ccc(S(=O)(=O)N(C)C[C@@]2(C)C[C@H](O)C2(C)C)cc1. The molecule has 5 heteroatoms. The minimum Gasteiger partial charge on any atom is -0.393 e. The Morgan fingerprint density at radius 1 is 1.24 bits per heavy atom. The van der Waals surface area contributed by atoms with Crippen molar-refractivity contribution in [3.63, 3.8) is 0 Å². The van der Waals surface area contributed by atoms with Crippen molar-refractivity contribution in [2.45, 2.75) is 45.1 Å². The molecule has 2 rings (SSSR count). The number of aliphatic hydroxyl groups is 1. The summed E-state index contributed by atoms with van der Waals surface area (Å²) < 4.78 is 26.6. The van der Waals surface area contributed by atoms with Crippen molar-refractivity contribution < 1.29 is 13.5 Å². The van der Waals surface area contributed by atoms with Gasteiger partial charge in [-0.1, -0.05) is 38.5 Å². The minimum atomic E-state index is -3.48. The fourth-order valence-corrected chi connectivity index (χ4v) is 4.25. The van der Waals surface area contributed by atoms with Crippen molar-refractivity contribution in [2.24, 2.45) is 10.8 Å². The van der Waals surface area contributed by atoms with Gasteiger partial charge in [0.15, 0.2) is 0 Å². The van der Waals surface area contributed by atoms with Gasteiger partial charge in [0.05, 0.1) is 11.0 Å². The third-order valence-corrected chi connectivity index (χ3v) is 7.15. The molecule has 0 unspecified atom stereocenters. The average Bonchev–Trinajstić information content (AvgIpc) is 2.39. The van der Waals surface area contributed by atoms with E-state index in [2.05, 4.69) is 0 Å². The smallest absolute Gasteiger partial charge is 0.242 e. The van der Waals surface area contributed by atoms with E-state index in [-0.39, 0.29) is 16.9 Å². The van der Waals surface area contributed by atoms with Crippen LogP contribution in [0.1, 0.15) is 32.8 Å². The average molecular weight is 311 g/mol. The maximum atomic E-state index is 12.6. The summed E-state index contributed by atoms with van der Waals surface area (Å²) in [5.41, 5.74) is 0.551. The van der Waals surface area contributed by atoms with Gasteiger partial charge in [-0.25, -0.2) is 12.7 Å². The molecule has 0 radical (unpaired) electrons. The van der Waals surface area contributed by atoms with Crippen LogP contribution in [-0.4, -0.2) is 37.5 Å². The number of hydrogen-bond acceptors (Lipinski definition) is 3. The Morgan fingerprint density at radius 2 is 1.76 bits per heavy atom. The van der Waals surface area contributed by atoms with Crippen molar-refractivity contribution in [1.82, 2.24) is 4.31 Å². The lowest BCUT2D eigenvalue weighted by Crippen LogP contribution is -2.61. The van der Waals surface area contributed by atoms with E-state index in [9.17, 15) is 13.5 Å². The fraction of sp³-hybridized carbons (Fsp3) is 0.625. The zero-order valence-corrected chi connectivity index (χ0v) is 14.2. The van der Waals surface area contributed by atoms with Crippen LogP contribution in [0.15, 0.2) is 29.2 Å². The highest BCUT2D eigenvalue weighted by molar-refractivity contribution is 7.89. The highest BCUT2D eigenvalue weighted by Gasteiger charge is 2.57. The molecule has 0 bridgehead atoms. The van der Waals surface area contributed by atoms with E-state index >= 15 is 0 Å². The van der Waals surface area contributed by atoms with Crippen LogP contribution in [-0.2, 0) is 10.0 Å². The quantitative estimate of drug-likeness (QED) is 0.929.